The molecule has 1 aromatic heterocycles. The molecule has 1 heterocycles. The average Bonchev–Trinajstić information content (AvgIpc) is 2.85. The van der Waals surface area contributed by atoms with Crippen molar-refractivity contribution in [3.63, 3.8) is 0 Å². The number of rotatable bonds is 5. The van der Waals surface area contributed by atoms with Crippen LogP contribution in [0, 0.1) is 6.92 Å². The van der Waals surface area contributed by atoms with E-state index < -0.39 is 15.1 Å². The van der Waals surface area contributed by atoms with Crippen molar-refractivity contribution in [1.82, 2.24) is 10.1 Å². The number of aromatic nitrogens is 2. The van der Waals surface area contributed by atoms with Gasteiger partial charge in [-0.2, -0.15) is 4.98 Å². The zero-order chi connectivity index (χ0) is 14.8. The Morgan fingerprint density at radius 1 is 1.30 bits per heavy atom. The molecule has 0 fully saturated rings. The number of sulfone groups is 1. The Kier molecular flexibility index (Phi) is 4.08. The van der Waals surface area contributed by atoms with E-state index in [-0.39, 0.29) is 10.8 Å². The van der Waals surface area contributed by atoms with Gasteiger partial charge in [-0.05, 0) is 45.0 Å². The fraction of sp³-hybridized carbons (Fsp3) is 0.385. The maximum atomic E-state index is 12.4. The molecule has 6 nitrogen and oxygen atoms in total. The van der Waals surface area contributed by atoms with Crippen LogP contribution in [0.5, 0.6) is 5.75 Å². The predicted octanol–water partition coefficient (Wildman–Crippen LogP) is 2.31. The van der Waals surface area contributed by atoms with Gasteiger partial charge >= 0.3 is 0 Å². The molecule has 0 saturated carbocycles. The van der Waals surface area contributed by atoms with Gasteiger partial charge in [-0.3, -0.25) is 0 Å². The molecule has 0 aliphatic heterocycles. The normalized spacial score (nSPS) is 13.2. The monoisotopic (exact) mass is 296 g/mol. The Morgan fingerprint density at radius 2 is 1.95 bits per heavy atom. The molecule has 20 heavy (non-hydrogen) atoms. The van der Waals surface area contributed by atoms with Crippen molar-refractivity contribution >= 4 is 9.84 Å². The molecular formula is C13H16N2O4S. The van der Waals surface area contributed by atoms with E-state index in [9.17, 15) is 8.42 Å². The van der Waals surface area contributed by atoms with Crippen molar-refractivity contribution in [2.75, 3.05) is 6.61 Å². The Morgan fingerprint density at radius 3 is 2.45 bits per heavy atom. The van der Waals surface area contributed by atoms with Crippen LogP contribution in [-0.2, 0) is 9.84 Å². The van der Waals surface area contributed by atoms with Crippen LogP contribution in [0.1, 0.15) is 30.8 Å². The minimum atomic E-state index is -3.56. The summed E-state index contributed by atoms with van der Waals surface area (Å²) < 4.78 is 35.1. The van der Waals surface area contributed by atoms with Crippen LogP contribution >= 0.6 is 0 Å². The summed E-state index contributed by atoms with van der Waals surface area (Å²) in [6, 6.07) is 6.28. The van der Waals surface area contributed by atoms with E-state index in [0.29, 0.717) is 18.2 Å². The molecule has 108 valence electrons. The first-order valence-corrected chi connectivity index (χ1v) is 7.76. The largest absolute Gasteiger partial charge is 0.494 e. The average molecular weight is 296 g/mol. The summed E-state index contributed by atoms with van der Waals surface area (Å²) in [5.74, 6) is 1.14. The number of nitrogens with zero attached hydrogens (tertiary/aromatic N) is 2. The highest BCUT2D eigenvalue weighted by molar-refractivity contribution is 7.91. The molecule has 0 amide bonds. The van der Waals surface area contributed by atoms with Crippen molar-refractivity contribution in [2.24, 2.45) is 0 Å². The lowest BCUT2D eigenvalue weighted by Crippen LogP contribution is -2.11. The van der Waals surface area contributed by atoms with Gasteiger partial charge in [0.05, 0.1) is 11.5 Å². The lowest BCUT2D eigenvalue weighted by Gasteiger charge is -2.10. The fourth-order valence-electron chi connectivity index (χ4n) is 1.71. The third-order valence-corrected chi connectivity index (χ3v) is 4.88. The number of hydrogen-bond donors (Lipinski definition) is 0. The van der Waals surface area contributed by atoms with Crippen LogP contribution in [0.25, 0.3) is 0 Å². The minimum Gasteiger partial charge on any atom is -0.494 e. The summed E-state index contributed by atoms with van der Waals surface area (Å²) >= 11 is 0. The SMILES string of the molecule is CCOc1ccc(S(=O)(=O)C(C)c2nc(C)no2)cc1. The molecule has 0 bridgehead atoms. The number of ether oxygens (including phenoxy) is 1. The first kappa shape index (κ1) is 14.5. The van der Waals surface area contributed by atoms with Crippen molar-refractivity contribution in [3.05, 3.63) is 36.0 Å². The highest BCUT2D eigenvalue weighted by Gasteiger charge is 2.29. The topological polar surface area (TPSA) is 82.3 Å². The fourth-order valence-corrected chi connectivity index (χ4v) is 2.99. The lowest BCUT2D eigenvalue weighted by atomic mass is 10.3. The second-order valence-corrected chi connectivity index (χ2v) is 6.54. The zero-order valence-electron chi connectivity index (χ0n) is 11.5. The molecule has 0 aliphatic carbocycles. The molecule has 2 aromatic rings. The number of benzene rings is 1. The standard InChI is InChI=1S/C13H16N2O4S/c1-4-18-11-5-7-12(8-6-11)20(16,17)9(2)13-14-10(3)15-19-13/h5-9H,4H2,1-3H3. The van der Waals surface area contributed by atoms with E-state index >= 15 is 0 Å². The van der Waals surface area contributed by atoms with Gasteiger partial charge in [0, 0.05) is 0 Å². The highest BCUT2D eigenvalue weighted by atomic mass is 32.2. The zero-order valence-corrected chi connectivity index (χ0v) is 12.3. The Labute approximate surface area is 117 Å². The molecule has 0 N–H and O–H groups in total. The van der Waals surface area contributed by atoms with Crippen LogP contribution in [0.2, 0.25) is 0 Å². The number of hydrogen-bond acceptors (Lipinski definition) is 6. The molecular weight excluding hydrogens is 280 g/mol. The minimum absolute atomic E-state index is 0.0939. The first-order chi connectivity index (χ1) is 9.45. The molecule has 1 unspecified atom stereocenters. The summed E-state index contributed by atoms with van der Waals surface area (Å²) in [6.45, 7) is 5.57. The third-order valence-electron chi connectivity index (χ3n) is 2.82. The van der Waals surface area contributed by atoms with E-state index in [0.717, 1.165) is 0 Å². The van der Waals surface area contributed by atoms with Gasteiger partial charge in [0.15, 0.2) is 15.7 Å². The van der Waals surface area contributed by atoms with E-state index in [1.54, 1.807) is 19.1 Å². The Hall–Kier alpha value is -1.89. The number of aryl methyl sites for hydroxylation is 1. The van der Waals surface area contributed by atoms with E-state index in [1.165, 1.54) is 19.1 Å². The van der Waals surface area contributed by atoms with Gasteiger partial charge in [-0.25, -0.2) is 8.42 Å². The molecule has 0 spiro atoms. The van der Waals surface area contributed by atoms with Crippen LogP contribution in [-0.4, -0.2) is 25.2 Å². The molecule has 1 aromatic carbocycles. The molecule has 0 aliphatic rings. The molecule has 0 saturated heterocycles. The first-order valence-electron chi connectivity index (χ1n) is 6.22. The predicted molar refractivity (Wildman–Crippen MR) is 72.2 cm³/mol. The van der Waals surface area contributed by atoms with E-state index in [1.807, 2.05) is 6.92 Å². The third kappa shape index (κ3) is 2.82. The van der Waals surface area contributed by atoms with Crippen LogP contribution in [0.4, 0.5) is 0 Å². The second kappa shape index (κ2) is 5.62. The smallest absolute Gasteiger partial charge is 0.245 e. The Balaban J connectivity index is 2.29. The lowest BCUT2D eigenvalue weighted by molar-refractivity contribution is 0.340. The van der Waals surface area contributed by atoms with Crippen LogP contribution in [0.15, 0.2) is 33.7 Å². The summed E-state index contributed by atoms with van der Waals surface area (Å²) in [4.78, 5) is 4.17. The second-order valence-electron chi connectivity index (χ2n) is 4.27. The van der Waals surface area contributed by atoms with E-state index in [4.69, 9.17) is 9.26 Å². The maximum absolute atomic E-state index is 12.4. The molecule has 0 radical (unpaired) electrons. The van der Waals surface area contributed by atoms with Crippen LogP contribution in [0.3, 0.4) is 0 Å². The van der Waals surface area contributed by atoms with Gasteiger partial charge in [0.1, 0.15) is 11.0 Å². The van der Waals surface area contributed by atoms with Gasteiger partial charge in [0.25, 0.3) is 0 Å². The van der Waals surface area contributed by atoms with E-state index in [2.05, 4.69) is 10.1 Å². The van der Waals surface area contributed by atoms with Gasteiger partial charge in [-0.1, -0.05) is 5.16 Å². The molecule has 7 heteroatoms. The summed E-state index contributed by atoms with van der Waals surface area (Å²) in [5.41, 5.74) is 0. The maximum Gasteiger partial charge on any atom is 0.245 e. The summed E-state index contributed by atoms with van der Waals surface area (Å²) in [7, 11) is -3.56. The van der Waals surface area contributed by atoms with Gasteiger partial charge < -0.3 is 9.26 Å². The van der Waals surface area contributed by atoms with Crippen molar-refractivity contribution in [1.29, 1.82) is 0 Å². The summed E-state index contributed by atoms with van der Waals surface area (Å²) in [6.07, 6.45) is 0. The van der Waals surface area contributed by atoms with Gasteiger partial charge in [0.2, 0.25) is 5.89 Å². The molecule has 2 rings (SSSR count). The molecule has 1 atom stereocenters. The van der Waals surface area contributed by atoms with Crippen molar-refractivity contribution in [3.8, 4) is 5.75 Å². The highest BCUT2D eigenvalue weighted by Crippen LogP contribution is 2.28. The van der Waals surface area contributed by atoms with Crippen LogP contribution < -0.4 is 4.74 Å². The van der Waals surface area contributed by atoms with Crippen molar-refractivity contribution in [2.45, 2.75) is 30.9 Å². The van der Waals surface area contributed by atoms with Gasteiger partial charge in [-0.15, -0.1) is 0 Å². The Bertz CT molecular complexity index is 677. The quantitative estimate of drug-likeness (QED) is 0.842. The summed E-state index contributed by atoms with van der Waals surface area (Å²) in [5, 5.41) is 2.73. The van der Waals surface area contributed by atoms with Crippen molar-refractivity contribution < 1.29 is 17.7 Å².